The number of amides is 3. The maximum absolute atomic E-state index is 12.4. The maximum Gasteiger partial charge on any atom is 0.324 e. The number of benzene rings is 1. The SMILES string of the molecule is CC(C)C(NS(=O)(=O)c1ccccc1)C(=O)OCC(=O)NC(=O)NC(C)(C)C. The summed E-state index contributed by atoms with van der Waals surface area (Å²) in [6.45, 7) is 7.77. The van der Waals surface area contributed by atoms with Crippen molar-refractivity contribution < 1.29 is 27.5 Å². The molecule has 0 saturated heterocycles. The number of carbonyl (C=O) groups is 3. The van der Waals surface area contributed by atoms with E-state index >= 15 is 0 Å². The molecule has 1 unspecified atom stereocenters. The highest BCUT2D eigenvalue weighted by molar-refractivity contribution is 7.89. The quantitative estimate of drug-likeness (QED) is 0.575. The van der Waals surface area contributed by atoms with E-state index in [0.29, 0.717) is 0 Å². The summed E-state index contributed by atoms with van der Waals surface area (Å²) in [5.41, 5.74) is -0.542. The van der Waals surface area contributed by atoms with E-state index in [0.717, 1.165) is 0 Å². The molecule has 10 heteroatoms. The largest absolute Gasteiger partial charge is 0.454 e. The molecule has 28 heavy (non-hydrogen) atoms. The standard InChI is InChI=1S/C18H27N3O6S/c1-12(2)15(21-28(25,26)13-9-7-6-8-10-13)16(23)27-11-14(22)19-17(24)20-18(3,4)5/h6-10,12,15,21H,11H2,1-5H3,(H2,19,20,22,24). The Hall–Kier alpha value is -2.46. The second-order valence-corrected chi connectivity index (χ2v) is 9.23. The minimum Gasteiger partial charge on any atom is -0.454 e. The summed E-state index contributed by atoms with van der Waals surface area (Å²) >= 11 is 0. The summed E-state index contributed by atoms with van der Waals surface area (Å²) in [5.74, 6) is -2.18. The van der Waals surface area contributed by atoms with Gasteiger partial charge >= 0.3 is 12.0 Å². The fourth-order valence-electron chi connectivity index (χ4n) is 2.05. The molecule has 0 saturated carbocycles. The molecule has 1 atom stereocenters. The van der Waals surface area contributed by atoms with Gasteiger partial charge in [-0.05, 0) is 38.8 Å². The Balaban J connectivity index is 2.68. The van der Waals surface area contributed by atoms with E-state index in [1.54, 1.807) is 52.8 Å². The van der Waals surface area contributed by atoms with Crippen molar-refractivity contribution in [3.63, 3.8) is 0 Å². The molecule has 0 aromatic heterocycles. The summed E-state index contributed by atoms with van der Waals surface area (Å²) in [6, 6.07) is 5.66. The van der Waals surface area contributed by atoms with Gasteiger partial charge < -0.3 is 10.1 Å². The van der Waals surface area contributed by atoms with Crippen molar-refractivity contribution in [3.05, 3.63) is 30.3 Å². The highest BCUT2D eigenvalue weighted by Crippen LogP contribution is 2.12. The van der Waals surface area contributed by atoms with Crippen molar-refractivity contribution in [2.24, 2.45) is 5.92 Å². The second-order valence-electron chi connectivity index (χ2n) is 7.52. The summed E-state index contributed by atoms with van der Waals surface area (Å²) in [7, 11) is -3.94. The van der Waals surface area contributed by atoms with E-state index in [9.17, 15) is 22.8 Å². The molecule has 0 heterocycles. The smallest absolute Gasteiger partial charge is 0.324 e. The lowest BCUT2D eigenvalue weighted by Crippen LogP contribution is -2.50. The van der Waals surface area contributed by atoms with Crippen LogP contribution in [-0.4, -0.2) is 44.5 Å². The third kappa shape index (κ3) is 8.05. The Morgan fingerprint density at radius 2 is 1.64 bits per heavy atom. The van der Waals surface area contributed by atoms with Crippen LogP contribution in [0.2, 0.25) is 0 Å². The van der Waals surface area contributed by atoms with Crippen molar-refractivity contribution in [1.82, 2.24) is 15.4 Å². The summed E-state index contributed by atoms with van der Waals surface area (Å²) in [4.78, 5) is 35.7. The van der Waals surface area contributed by atoms with Crippen LogP contribution < -0.4 is 15.4 Å². The monoisotopic (exact) mass is 413 g/mol. The molecular formula is C18H27N3O6S. The Morgan fingerprint density at radius 1 is 1.07 bits per heavy atom. The average molecular weight is 413 g/mol. The van der Waals surface area contributed by atoms with Crippen LogP contribution in [0.1, 0.15) is 34.6 Å². The number of imide groups is 1. The van der Waals surface area contributed by atoms with E-state index in [1.807, 2.05) is 5.32 Å². The van der Waals surface area contributed by atoms with Crippen LogP contribution in [0.15, 0.2) is 35.2 Å². The van der Waals surface area contributed by atoms with Crippen LogP contribution >= 0.6 is 0 Å². The van der Waals surface area contributed by atoms with Gasteiger partial charge in [0.2, 0.25) is 10.0 Å². The summed E-state index contributed by atoms with van der Waals surface area (Å²) in [5, 5.41) is 4.55. The Bertz CT molecular complexity index is 800. The zero-order valence-corrected chi connectivity index (χ0v) is 17.4. The van der Waals surface area contributed by atoms with Crippen molar-refractivity contribution >= 4 is 27.9 Å². The molecule has 0 aliphatic rings. The molecule has 156 valence electrons. The van der Waals surface area contributed by atoms with E-state index < -0.39 is 52.0 Å². The van der Waals surface area contributed by atoms with E-state index in [4.69, 9.17) is 4.74 Å². The number of esters is 1. The third-order valence-electron chi connectivity index (χ3n) is 3.34. The Kier molecular flexibility index (Phi) is 8.13. The number of carbonyl (C=O) groups excluding carboxylic acids is 3. The molecule has 1 aromatic rings. The lowest BCUT2D eigenvalue weighted by atomic mass is 10.1. The number of nitrogens with one attached hydrogen (secondary N) is 3. The van der Waals surface area contributed by atoms with Crippen molar-refractivity contribution in [1.29, 1.82) is 0 Å². The van der Waals surface area contributed by atoms with Gasteiger partial charge in [0.25, 0.3) is 5.91 Å². The number of urea groups is 1. The first-order valence-electron chi connectivity index (χ1n) is 8.68. The van der Waals surface area contributed by atoms with Crippen molar-refractivity contribution in [2.45, 2.75) is 51.1 Å². The van der Waals surface area contributed by atoms with Gasteiger partial charge in [-0.3, -0.25) is 14.9 Å². The lowest BCUT2D eigenvalue weighted by Gasteiger charge is -2.21. The minimum atomic E-state index is -3.94. The molecule has 0 radical (unpaired) electrons. The van der Waals surface area contributed by atoms with Gasteiger partial charge in [0.15, 0.2) is 6.61 Å². The fraction of sp³-hybridized carbons (Fsp3) is 0.500. The number of hydrogen-bond acceptors (Lipinski definition) is 6. The Morgan fingerprint density at radius 3 is 2.14 bits per heavy atom. The van der Waals surface area contributed by atoms with Gasteiger partial charge in [-0.15, -0.1) is 0 Å². The van der Waals surface area contributed by atoms with Crippen LogP contribution in [0.5, 0.6) is 0 Å². The molecule has 0 aliphatic heterocycles. The first-order chi connectivity index (χ1) is 12.8. The van der Waals surface area contributed by atoms with Crippen LogP contribution in [0, 0.1) is 5.92 Å². The molecule has 0 aliphatic carbocycles. The first kappa shape index (κ1) is 23.6. The van der Waals surface area contributed by atoms with Crippen LogP contribution in [0.3, 0.4) is 0 Å². The predicted octanol–water partition coefficient (Wildman–Crippen LogP) is 1.16. The molecule has 1 aromatic carbocycles. The second kappa shape index (κ2) is 9.65. The summed E-state index contributed by atoms with van der Waals surface area (Å²) < 4.78 is 32.0. The van der Waals surface area contributed by atoms with E-state index in [2.05, 4.69) is 10.0 Å². The molecule has 3 amide bonds. The molecule has 9 nitrogen and oxygen atoms in total. The zero-order chi connectivity index (χ0) is 21.5. The predicted molar refractivity (Wildman–Crippen MR) is 103 cm³/mol. The van der Waals surface area contributed by atoms with Crippen molar-refractivity contribution in [3.8, 4) is 0 Å². The molecule has 0 fully saturated rings. The lowest BCUT2D eigenvalue weighted by molar-refractivity contribution is -0.150. The van der Waals surface area contributed by atoms with Crippen LogP contribution in [-0.2, 0) is 24.3 Å². The molecule has 0 bridgehead atoms. The van der Waals surface area contributed by atoms with Crippen LogP contribution in [0.25, 0.3) is 0 Å². The number of rotatable bonds is 7. The minimum absolute atomic E-state index is 0.00467. The number of hydrogen-bond donors (Lipinski definition) is 3. The number of sulfonamides is 1. The average Bonchev–Trinajstić information content (AvgIpc) is 2.56. The number of ether oxygens (including phenoxy) is 1. The van der Waals surface area contributed by atoms with Gasteiger partial charge in [0.1, 0.15) is 6.04 Å². The summed E-state index contributed by atoms with van der Waals surface area (Å²) in [6.07, 6.45) is 0. The zero-order valence-electron chi connectivity index (χ0n) is 16.6. The topological polar surface area (TPSA) is 131 Å². The first-order valence-corrected chi connectivity index (χ1v) is 10.2. The van der Waals surface area contributed by atoms with Gasteiger partial charge in [0.05, 0.1) is 4.90 Å². The molecule has 1 rings (SSSR count). The van der Waals surface area contributed by atoms with E-state index in [-0.39, 0.29) is 4.90 Å². The maximum atomic E-state index is 12.4. The Labute approximate surface area is 165 Å². The van der Waals surface area contributed by atoms with Crippen LogP contribution in [0.4, 0.5) is 4.79 Å². The normalized spacial score (nSPS) is 12.9. The van der Waals surface area contributed by atoms with Gasteiger partial charge in [0, 0.05) is 5.54 Å². The highest BCUT2D eigenvalue weighted by atomic mass is 32.2. The third-order valence-corrected chi connectivity index (χ3v) is 4.80. The van der Waals surface area contributed by atoms with Crippen molar-refractivity contribution in [2.75, 3.05) is 6.61 Å². The molecule has 3 N–H and O–H groups in total. The molecular weight excluding hydrogens is 386 g/mol. The fourth-order valence-corrected chi connectivity index (χ4v) is 3.41. The highest BCUT2D eigenvalue weighted by Gasteiger charge is 2.30. The van der Waals surface area contributed by atoms with Gasteiger partial charge in [-0.2, -0.15) is 4.72 Å². The van der Waals surface area contributed by atoms with E-state index in [1.165, 1.54) is 12.1 Å². The molecule has 0 spiro atoms. The van der Waals surface area contributed by atoms with Gasteiger partial charge in [-0.1, -0.05) is 32.0 Å². The van der Waals surface area contributed by atoms with Gasteiger partial charge in [-0.25, -0.2) is 13.2 Å².